The van der Waals surface area contributed by atoms with E-state index in [0.29, 0.717) is 23.0 Å². The van der Waals surface area contributed by atoms with Crippen molar-refractivity contribution in [3.05, 3.63) is 29.8 Å². The lowest BCUT2D eigenvalue weighted by molar-refractivity contribution is -0.120. The molecule has 2 N–H and O–H groups in total. The highest BCUT2D eigenvalue weighted by Crippen LogP contribution is 2.27. The third kappa shape index (κ3) is 4.93. The van der Waals surface area contributed by atoms with Gasteiger partial charge in [0.25, 0.3) is 0 Å². The van der Waals surface area contributed by atoms with Crippen LogP contribution in [0.15, 0.2) is 24.3 Å². The Morgan fingerprint density at radius 3 is 2.38 bits per heavy atom. The quantitative estimate of drug-likeness (QED) is 0.662. The first-order chi connectivity index (χ1) is 10.0. The van der Waals surface area contributed by atoms with Crippen LogP contribution in [0.25, 0.3) is 0 Å². The van der Waals surface area contributed by atoms with Crippen LogP contribution in [0.4, 0.5) is 5.69 Å². The number of anilines is 1. The van der Waals surface area contributed by atoms with Crippen molar-refractivity contribution in [1.82, 2.24) is 5.32 Å². The summed E-state index contributed by atoms with van der Waals surface area (Å²) in [6, 6.07) is 7.00. The first kappa shape index (κ1) is 15.6. The number of carbonyl (C=O) groups excluding carboxylic acids is 2. The van der Waals surface area contributed by atoms with Crippen LogP contribution in [0.2, 0.25) is 0 Å². The van der Waals surface area contributed by atoms with Crippen LogP contribution in [0, 0.1) is 5.92 Å². The Balaban J connectivity index is 1.80. The van der Waals surface area contributed by atoms with E-state index in [-0.39, 0.29) is 11.7 Å². The third-order valence-electron chi connectivity index (χ3n) is 3.75. The molecule has 1 amide bonds. The van der Waals surface area contributed by atoms with Crippen molar-refractivity contribution < 1.29 is 9.59 Å². The molecule has 1 aliphatic carbocycles. The number of Topliss-reactive ketones (excluding diaryl/α,β-unsaturated/α-hetero) is 1. The van der Waals surface area contributed by atoms with Crippen molar-refractivity contribution >= 4 is 34.7 Å². The molecule has 0 atom stereocenters. The molecule has 1 aliphatic rings. The fourth-order valence-electron chi connectivity index (χ4n) is 2.60. The number of hydrogen-bond acceptors (Lipinski definition) is 3. The highest BCUT2D eigenvalue weighted by molar-refractivity contribution is 7.80. The van der Waals surface area contributed by atoms with Crippen molar-refractivity contribution in [2.75, 3.05) is 5.32 Å². The van der Waals surface area contributed by atoms with Crippen LogP contribution in [0.1, 0.15) is 49.4 Å². The van der Waals surface area contributed by atoms with Gasteiger partial charge in [-0.05, 0) is 62.2 Å². The molecule has 5 heteroatoms. The fourth-order valence-corrected chi connectivity index (χ4v) is 2.84. The Hall–Kier alpha value is -1.75. The maximum Gasteiger partial charge on any atom is 0.226 e. The number of carbonyl (C=O) groups is 2. The van der Waals surface area contributed by atoms with Crippen molar-refractivity contribution in [3.63, 3.8) is 0 Å². The summed E-state index contributed by atoms with van der Waals surface area (Å²) in [6.45, 7) is 1.52. The monoisotopic (exact) mass is 304 g/mol. The average molecular weight is 304 g/mol. The summed E-state index contributed by atoms with van der Waals surface area (Å²) in [5.74, 6) is 0.497. The number of thiocarbonyl (C=S) groups is 1. The van der Waals surface area contributed by atoms with Gasteiger partial charge in [-0.2, -0.15) is 0 Å². The summed E-state index contributed by atoms with van der Waals surface area (Å²) in [6.07, 6.45) is 5.28. The van der Waals surface area contributed by atoms with Gasteiger partial charge in [0.1, 0.15) is 0 Å². The van der Waals surface area contributed by atoms with Gasteiger partial charge in [0.2, 0.25) is 5.91 Å². The minimum atomic E-state index is -0.0280. The highest BCUT2D eigenvalue weighted by Gasteiger charge is 2.18. The molecule has 1 saturated carbocycles. The molecule has 112 valence electrons. The van der Waals surface area contributed by atoms with Gasteiger partial charge in [-0.15, -0.1) is 0 Å². The Kier molecular flexibility index (Phi) is 5.44. The topological polar surface area (TPSA) is 58.2 Å². The van der Waals surface area contributed by atoms with Gasteiger partial charge in [-0.1, -0.05) is 12.8 Å². The maximum absolute atomic E-state index is 11.9. The van der Waals surface area contributed by atoms with Gasteiger partial charge in [-0.3, -0.25) is 9.59 Å². The summed E-state index contributed by atoms with van der Waals surface area (Å²) in [5.41, 5.74) is 1.41. The summed E-state index contributed by atoms with van der Waals surface area (Å²) in [4.78, 5) is 23.0. The minimum absolute atomic E-state index is 0.0222. The van der Waals surface area contributed by atoms with Crippen LogP contribution in [-0.4, -0.2) is 16.8 Å². The standard InChI is InChI=1S/C16H20N2O2S/c1-11(19)13-6-8-14(9-7-13)17-16(21)18-15(20)10-12-4-2-3-5-12/h6-9,12H,2-5,10H2,1H3,(H2,17,18,20,21). The van der Waals surface area contributed by atoms with E-state index in [4.69, 9.17) is 12.2 Å². The largest absolute Gasteiger partial charge is 0.332 e. The van der Waals surface area contributed by atoms with Crippen molar-refractivity contribution in [2.45, 2.75) is 39.0 Å². The summed E-state index contributed by atoms with van der Waals surface area (Å²) < 4.78 is 0. The van der Waals surface area contributed by atoms with E-state index < -0.39 is 0 Å². The van der Waals surface area contributed by atoms with E-state index in [9.17, 15) is 9.59 Å². The molecule has 0 heterocycles. The molecule has 0 unspecified atom stereocenters. The van der Waals surface area contributed by atoms with Gasteiger partial charge >= 0.3 is 0 Å². The third-order valence-corrected chi connectivity index (χ3v) is 3.96. The first-order valence-electron chi connectivity index (χ1n) is 7.26. The number of hydrogen-bond donors (Lipinski definition) is 2. The molecule has 4 nitrogen and oxygen atoms in total. The second-order valence-electron chi connectivity index (χ2n) is 5.49. The van der Waals surface area contributed by atoms with Crippen LogP contribution in [-0.2, 0) is 4.79 Å². The van der Waals surface area contributed by atoms with E-state index >= 15 is 0 Å². The zero-order valence-electron chi connectivity index (χ0n) is 12.1. The van der Waals surface area contributed by atoms with Crippen molar-refractivity contribution in [3.8, 4) is 0 Å². The van der Waals surface area contributed by atoms with E-state index in [1.54, 1.807) is 24.3 Å². The van der Waals surface area contributed by atoms with Crippen LogP contribution in [0.3, 0.4) is 0 Å². The summed E-state index contributed by atoms with van der Waals surface area (Å²) in [5, 5.41) is 5.96. The summed E-state index contributed by atoms with van der Waals surface area (Å²) in [7, 11) is 0. The predicted octanol–water partition coefficient (Wildman–Crippen LogP) is 3.28. The molecule has 0 saturated heterocycles. The normalized spacial score (nSPS) is 14.7. The second kappa shape index (κ2) is 7.31. The lowest BCUT2D eigenvalue weighted by Crippen LogP contribution is -2.34. The number of nitrogens with one attached hydrogen (secondary N) is 2. The van der Waals surface area contributed by atoms with Gasteiger partial charge in [0.05, 0.1) is 0 Å². The Morgan fingerprint density at radius 1 is 1.19 bits per heavy atom. The van der Waals surface area contributed by atoms with E-state index in [2.05, 4.69) is 10.6 Å². The van der Waals surface area contributed by atoms with E-state index in [1.807, 2.05) is 0 Å². The minimum Gasteiger partial charge on any atom is -0.332 e. The van der Waals surface area contributed by atoms with E-state index in [0.717, 1.165) is 18.5 Å². The lowest BCUT2D eigenvalue weighted by Gasteiger charge is -2.12. The first-order valence-corrected chi connectivity index (χ1v) is 7.67. The Morgan fingerprint density at radius 2 is 1.81 bits per heavy atom. The molecule has 1 aromatic rings. The second-order valence-corrected chi connectivity index (χ2v) is 5.90. The number of benzene rings is 1. The van der Waals surface area contributed by atoms with Crippen molar-refractivity contribution in [1.29, 1.82) is 0 Å². The molecule has 0 spiro atoms. The fraction of sp³-hybridized carbons (Fsp3) is 0.438. The molecule has 0 radical (unpaired) electrons. The summed E-state index contributed by atoms with van der Waals surface area (Å²) >= 11 is 5.13. The van der Waals surface area contributed by atoms with Crippen LogP contribution in [0.5, 0.6) is 0 Å². The predicted molar refractivity (Wildman–Crippen MR) is 87.4 cm³/mol. The molecule has 1 fully saturated rings. The van der Waals surface area contributed by atoms with Gasteiger partial charge in [0, 0.05) is 17.7 Å². The zero-order chi connectivity index (χ0) is 15.2. The highest BCUT2D eigenvalue weighted by atomic mass is 32.1. The Labute approximate surface area is 130 Å². The SMILES string of the molecule is CC(=O)c1ccc(NC(=S)NC(=O)CC2CCCC2)cc1. The number of rotatable bonds is 4. The number of ketones is 1. The van der Waals surface area contributed by atoms with Gasteiger partial charge in [0.15, 0.2) is 10.9 Å². The molecule has 0 bridgehead atoms. The smallest absolute Gasteiger partial charge is 0.226 e. The van der Waals surface area contributed by atoms with E-state index in [1.165, 1.54) is 19.8 Å². The van der Waals surface area contributed by atoms with Gasteiger partial charge in [-0.25, -0.2) is 0 Å². The maximum atomic E-state index is 11.9. The van der Waals surface area contributed by atoms with Crippen LogP contribution < -0.4 is 10.6 Å². The molecule has 2 rings (SSSR count). The lowest BCUT2D eigenvalue weighted by atomic mass is 10.0. The molecule has 0 aliphatic heterocycles. The molecular formula is C16H20N2O2S. The molecule has 1 aromatic carbocycles. The van der Waals surface area contributed by atoms with Crippen LogP contribution >= 0.6 is 12.2 Å². The van der Waals surface area contributed by atoms with Gasteiger partial charge < -0.3 is 10.6 Å². The Bertz CT molecular complexity index is 534. The van der Waals surface area contributed by atoms with Crippen molar-refractivity contribution in [2.24, 2.45) is 5.92 Å². The zero-order valence-corrected chi connectivity index (χ0v) is 13.0. The molecule has 21 heavy (non-hydrogen) atoms. The number of amides is 1. The molecular weight excluding hydrogens is 284 g/mol. The average Bonchev–Trinajstić information content (AvgIpc) is 2.91. The molecule has 0 aromatic heterocycles.